The molecule has 0 saturated carbocycles. The number of aryl methyl sites for hydroxylation is 1. The fourth-order valence-electron chi connectivity index (χ4n) is 3.45. The minimum atomic E-state index is -0.706. The standard InChI is InChI=1S/C24H24N4O4S/c1-13-15(3)28(18-9-7-6-8-10-18)22(19(13)11-25)27-20(30)12-32-24(31)21-14(2)16(4)33-23(21)26-17(5)29/h6-10H,12H2,1-5H3,(H,26,29)(H,27,30). The van der Waals surface area contributed by atoms with Gasteiger partial charge in [-0.25, -0.2) is 4.79 Å². The third-order valence-electron chi connectivity index (χ3n) is 5.31. The highest BCUT2D eigenvalue weighted by atomic mass is 32.1. The first-order valence-corrected chi connectivity index (χ1v) is 11.0. The van der Waals surface area contributed by atoms with Crippen molar-refractivity contribution < 1.29 is 19.1 Å². The molecule has 0 fully saturated rings. The van der Waals surface area contributed by atoms with E-state index in [4.69, 9.17) is 4.74 Å². The number of hydrogen-bond donors (Lipinski definition) is 2. The summed E-state index contributed by atoms with van der Waals surface area (Å²) in [5, 5.41) is 15.4. The van der Waals surface area contributed by atoms with E-state index in [1.165, 1.54) is 18.3 Å². The Morgan fingerprint density at radius 1 is 1.06 bits per heavy atom. The number of hydrogen-bond acceptors (Lipinski definition) is 6. The number of ether oxygens (including phenoxy) is 1. The van der Waals surface area contributed by atoms with Gasteiger partial charge in [0.25, 0.3) is 5.91 Å². The number of rotatable bonds is 6. The molecule has 3 aromatic rings. The van der Waals surface area contributed by atoms with Crippen molar-refractivity contribution in [3.8, 4) is 11.8 Å². The van der Waals surface area contributed by atoms with Gasteiger partial charge in [0.1, 0.15) is 16.9 Å². The summed E-state index contributed by atoms with van der Waals surface area (Å²) in [5.74, 6) is -1.27. The van der Waals surface area contributed by atoms with Crippen LogP contribution in [0.4, 0.5) is 10.8 Å². The van der Waals surface area contributed by atoms with Crippen LogP contribution in [0.5, 0.6) is 0 Å². The molecule has 1 aromatic carbocycles. The molecule has 0 atom stereocenters. The molecule has 0 unspecified atom stereocenters. The zero-order chi connectivity index (χ0) is 24.3. The summed E-state index contributed by atoms with van der Waals surface area (Å²) >= 11 is 1.27. The Bertz CT molecular complexity index is 1280. The lowest BCUT2D eigenvalue weighted by Crippen LogP contribution is -2.23. The first kappa shape index (κ1) is 23.8. The molecule has 2 heterocycles. The molecule has 33 heavy (non-hydrogen) atoms. The van der Waals surface area contributed by atoms with E-state index >= 15 is 0 Å². The van der Waals surface area contributed by atoms with Crippen LogP contribution in [0.25, 0.3) is 5.69 Å². The van der Waals surface area contributed by atoms with E-state index in [9.17, 15) is 19.6 Å². The summed E-state index contributed by atoms with van der Waals surface area (Å²) < 4.78 is 7.03. The summed E-state index contributed by atoms with van der Waals surface area (Å²) in [6, 6.07) is 11.5. The molecule has 9 heteroatoms. The Morgan fingerprint density at radius 3 is 2.33 bits per heavy atom. The van der Waals surface area contributed by atoms with Crippen LogP contribution in [0.3, 0.4) is 0 Å². The van der Waals surface area contributed by atoms with E-state index in [2.05, 4.69) is 16.7 Å². The topological polar surface area (TPSA) is 113 Å². The lowest BCUT2D eigenvalue weighted by atomic mass is 10.1. The monoisotopic (exact) mass is 464 g/mol. The van der Waals surface area contributed by atoms with Gasteiger partial charge in [-0.3, -0.25) is 14.2 Å². The molecule has 0 bridgehead atoms. The number of carbonyl (C=O) groups excluding carboxylic acids is 3. The van der Waals surface area contributed by atoms with Gasteiger partial charge in [-0.2, -0.15) is 5.26 Å². The van der Waals surface area contributed by atoms with Crippen molar-refractivity contribution in [1.82, 2.24) is 4.57 Å². The third-order valence-corrected chi connectivity index (χ3v) is 6.43. The third kappa shape index (κ3) is 4.81. The Balaban J connectivity index is 1.82. The second kappa shape index (κ2) is 9.71. The molecule has 2 amide bonds. The van der Waals surface area contributed by atoms with Gasteiger partial charge < -0.3 is 15.4 Å². The number of carbonyl (C=O) groups is 3. The van der Waals surface area contributed by atoms with E-state index in [0.717, 1.165) is 21.8 Å². The van der Waals surface area contributed by atoms with Crippen LogP contribution in [0, 0.1) is 39.0 Å². The Hall–Kier alpha value is -3.90. The second-order valence-electron chi connectivity index (χ2n) is 7.51. The zero-order valence-electron chi connectivity index (χ0n) is 19.0. The van der Waals surface area contributed by atoms with Crippen LogP contribution in [0.1, 0.15) is 44.5 Å². The van der Waals surface area contributed by atoms with Crippen LogP contribution in [-0.2, 0) is 14.3 Å². The SMILES string of the molecule is CC(=O)Nc1sc(C)c(C)c1C(=O)OCC(=O)Nc1c(C#N)c(C)c(C)n1-c1ccccc1. The van der Waals surface area contributed by atoms with Crippen LogP contribution in [-0.4, -0.2) is 29.0 Å². The van der Waals surface area contributed by atoms with Crippen molar-refractivity contribution in [2.45, 2.75) is 34.6 Å². The van der Waals surface area contributed by atoms with E-state index < -0.39 is 18.5 Å². The van der Waals surface area contributed by atoms with Crippen molar-refractivity contribution >= 4 is 39.9 Å². The highest BCUT2D eigenvalue weighted by molar-refractivity contribution is 7.16. The molecule has 3 rings (SSSR count). The van der Waals surface area contributed by atoms with E-state index in [1.807, 2.05) is 51.1 Å². The largest absolute Gasteiger partial charge is 0.452 e. The second-order valence-corrected chi connectivity index (χ2v) is 8.73. The van der Waals surface area contributed by atoms with Crippen molar-refractivity contribution in [3.63, 3.8) is 0 Å². The fraction of sp³-hybridized carbons (Fsp3) is 0.250. The van der Waals surface area contributed by atoms with Crippen molar-refractivity contribution in [3.05, 3.63) is 63.2 Å². The first-order valence-electron chi connectivity index (χ1n) is 10.2. The number of thiophene rings is 1. The van der Waals surface area contributed by atoms with Gasteiger partial charge in [-0.05, 0) is 51.0 Å². The Morgan fingerprint density at radius 2 is 1.73 bits per heavy atom. The minimum absolute atomic E-state index is 0.234. The predicted octanol–water partition coefficient (Wildman–Crippen LogP) is 4.40. The van der Waals surface area contributed by atoms with Gasteiger partial charge in [0.15, 0.2) is 6.61 Å². The number of para-hydroxylation sites is 1. The van der Waals surface area contributed by atoms with E-state index in [1.54, 1.807) is 11.5 Å². The fourth-order valence-corrected chi connectivity index (χ4v) is 4.55. The lowest BCUT2D eigenvalue weighted by molar-refractivity contribution is -0.119. The number of nitriles is 1. The molecule has 2 aromatic heterocycles. The number of nitrogens with one attached hydrogen (secondary N) is 2. The van der Waals surface area contributed by atoms with Crippen LogP contribution >= 0.6 is 11.3 Å². The van der Waals surface area contributed by atoms with E-state index in [-0.39, 0.29) is 11.5 Å². The molecule has 0 aliphatic rings. The number of anilines is 2. The number of amides is 2. The van der Waals surface area contributed by atoms with Gasteiger partial charge in [0.05, 0.1) is 11.1 Å². The molecule has 8 nitrogen and oxygen atoms in total. The molecule has 0 radical (unpaired) electrons. The van der Waals surface area contributed by atoms with Gasteiger partial charge in [-0.15, -0.1) is 11.3 Å². The molecule has 170 valence electrons. The minimum Gasteiger partial charge on any atom is -0.452 e. The average molecular weight is 465 g/mol. The molecule has 0 saturated heterocycles. The van der Waals surface area contributed by atoms with Crippen LogP contribution < -0.4 is 10.6 Å². The molecule has 0 aliphatic carbocycles. The van der Waals surface area contributed by atoms with Crippen LogP contribution in [0.15, 0.2) is 30.3 Å². The van der Waals surface area contributed by atoms with Crippen molar-refractivity contribution in [1.29, 1.82) is 5.26 Å². The van der Waals surface area contributed by atoms with Gasteiger partial charge in [-0.1, -0.05) is 18.2 Å². The highest BCUT2D eigenvalue weighted by Crippen LogP contribution is 2.33. The normalized spacial score (nSPS) is 10.4. The smallest absolute Gasteiger partial charge is 0.341 e. The van der Waals surface area contributed by atoms with Gasteiger partial charge >= 0.3 is 5.97 Å². The van der Waals surface area contributed by atoms with Crippen LogP contribution in [0.2, 0.25) is 0 Å². The summed E-state index contributed by atoms with van der Waals surface area (Å²) in [6.45, 7) is 8.07. The summed E-state index contributed by atoms with van der Waals surface area (Å²) in [6.07, 6.45) is 0. The first-order chi connectivity index (χ1) is 15.6. The maximum atomic E-state index is 12.7. The van der Waals surface area contributed by atoms with Gasteiger partial charge in [0.2, 0.25) is 5.91 Å². The quantitative estimate of drug-likeness (QED) is 0.525. The van der Waals surface area contributed by atoms with Gasteiger partial charge in [0, 0.05) is 23.2 Å². The Kier molecular flexibility index (Phi) is 6.99. The molecular weight excluding hydrogens is 440 g/mol. The summed E-state index contributed by atoms with van der Waals surface area (Å²) in [7, 11) is 0. The summed E-state index contributed by atoms with van der Waals surface area (Å²) in [4.78, 5) is 37.7. The van der Waals surface area contributed by atoms with Crippen molar-refractivity contribution in [2.75, 3.05) is 17.2 Å². The van der Waals surface area contributed by atoms with Crippen molar-refractivity contribution in [2.24, 2.45) is 0 Å². The molecular formula is C24H24N4O4S. The molecule has 0 aliphatic heterocycles. The Labute approximate surface area is 195 Å². The zero-order valence-corrected chi connectivity index (χ0v) is 19.8. The van der Waals surface area contributed by atoms with E-state index in [0.29, 0.717) is 21.9 Å². The molecule has 2 N–H and O–H groups in total. The lowest BCUT2D eigenvalue weighted by Gasteiger charge is -2.13. The maximum Gasteiger partial charge on any atom is 0.341 e. The predicted molar refractivity (Wildman–Crippen MR) is 127 cm³/mol. The number of nitrogens with zero attached hydrogens (tertiary/aromatic N) is 2. The highest BCUT2D eigenvalue weighted by Gasteiger charge is 2.24. The number of esters is 1. The average Bonchev–Trinajstić information content (AvgIpc) is 3.18. The number of benzene rings is 1. The number of aromatic nitrogens is 1. The summed E-state index contributed by atoms with van der Waals surface area (Å²) in [5.41, 5.74) is 3.61. The molecule has 0 spiro atoms. The maximum absolute atomic E-state index is 12.7.